The van der Waals surface area contributed by atoms with Gasteiger partial charge in [0.25, 0.3) is 0 Å². The van der Waals surface area contributed by atoms with Gasteiger partial charge in [-0.2, -0.15) is 0 Å². The Balaban J connectivity index is 2.20. The minimum absolute atomic E-state index is 0.602. The average molecular weight is 252 g/mol. The highest BCUT2D eigenvalue weighted by atomic mass is 15.2. The summed E-state index contributed by atoms with van der Waals surface area (Å²) in [6.45, 7) is 7.69. The van der Waals surface area contributed by atoms with Crippen LogP contribution in [0.4, 0.5) is 0 Å². The van der Waals surface area contributed by atoms with Crippen LogP contribution in [0.3, 0.4) is 0 Å². The fourth-order valence-electron chi connectivity index (χ4n) is 1.97. The van der Waals surface area contributed by atoms with Crippen LogP contribution in [-0.4, -0.2) is 40.6 Å². The first-order valence-corrected chi connectivity index (χ1v) is 7.02. The van der Waals surface area contributed by atoms with E-state index < -0.39 is 0 Å². The van der Waals surface area contributed by atoms with E-state index in [1.165, 1.54) is 19.3 Å². The molecular formula is C14H28N4. The van der Waals surface area contributed by atoms with Crippen LogP contribution in [0.2, 0.25) is 0 Å². The number of nitrogens with one attached hydrogen (secondary N) is 1. The first-order chi connectivity index (χ1) is 8.65. The summed E-state index contributed by atoms with van der Waals surface area (Å²) in [7, 11) is 4.23. The highest BCUT2D eigenvalue weighted by Crippen LogP contribution is 2.08. The molecule has 1 N–H and O–H groups in total. The second-order valence-corrected chi connectivity index (χ2v) is 5.11. The molecule has 0 fully saturated rings. The van der Waals surface area contributed by atoms with Gasteiger partial charge in [0.1, 0.15) is 5.82 Å². The Hall–Kier alpha value is -0.870. The van der Waals surface area contributed by atoms with Crippen molar-refractivity contribution in [3.05, 3.63) is 18.2 Å². The average Bonchev–Trinajstić information content (AvgIpc) is 2.74. The molecule has 0 saturated heterocycles. The fraction of sp³-hybridized carbons (Fsp3) is 0.786. The molecule has 0 aliphatic carbocycles. The third-order valence-electron chi connectivity index (χ3n) is 3.47. The highest BCUT2D eigenvalue weighted by molar-refractivity contribution is 4.91. The zero-order valence-electron chi connectivity index (χ0n) is 12.3. The van der Waals surface area contributed by atoms with Crippen LogP contribution in [0.1, 0.15) is 38.9 Å². The predicted octanol–water partition coefficient (Wildman–Crippen LogP) is 2.02. The third-order valence-corrected chi connectivity index (χ3v) is 3.47. The summed E-state index contributed by atoms with van der Waals surface area (Å²) >= 11 is 0. The van der Waals surface area contributed by atoms with Gasteiger partial charge in [0.15, 0.2) is 0 Å². The monoisotopic (exact) mass is 252 g/mol. The Morgan fingerprint density at radius 1 is 1.44 bits per heavy atom. The van der Waals surface area contributed by atoms with Gasteiger partial charge in [-0.15, -0.1) is 0 Å². The maximum Gasteiger partial charge on any atom is 0.122 e. The summed E-state index contributed by atoms with van der Waals surface area (Å²) in [5, 5.41) is 3.45. The maximum absolute atomic E-state index is 4.37. The first-order valence-electron chi connectivity index (χ1n) is 7.02. The van der Waals surface area contributed by atoms with E-state index in [-0.39, 0.29) is 0 Å². The Morgan fingerprint density at radius 2 is 2.22 bits per heavy atom. The molecule has 0 aromatic carbocycles. The standard InChI is InChI=1S/C14H28N4/c1-5-8-15-9-6-7-13(2)18(4)12-14-16-10-11-17(14)3/h10-11,13,15H,5-9,12H2,1-4H3. The van der Waals surface area contributed by atoms with Crippen LogP contribution < -0.4 is 5.32 Å². The number of rotatable bonds is 9. The number of aromatic nitrogens is 2. The topological polar surface area (TPSA) is 33.1 Å². The molecule has 1 heterocycles. The van der Waals surface area contributed by atoms with Crippen LogP contribution in [0.15, 0.2) is 12.4 Å². The number of hydrogen-bond donors (Lipinski definition) is 1. The van der Waals surface area contributed by atoms with Crippen molar-refractivity contribution in [1.29, 1.82) is 0 Å². The number of imidazole rings is 1. The van der Waals surface area contributed by atoms with Crippen LogP contribution in [0, 0.1) is 0 Å². The van der Waals surface area contributed by atoms with E-state index in [9.17, 15) is 0 Å². The van der Waals surface area contributed by atoms with Crippen molar-refractivity contribution >= 4 is 0 Å². The van der Waals surface area contributed by atoms with Crippen LogP contribution in [0.25, 0.3) is 0 Å². The van der Waals surface area contributed by atoms with Gasteiger partial charge in [-0.3, -0.25) is 4.90 Å². The van der Waals surface area contributed by atoms with Gasteiger partial charge >= 0.3 is 0 Å². The van der Waals surface area contributed by atoms with Gasteiger partial charge in [0.2, 0.25) is 0 Å². The molecule has 0 radical (unpaired) electrons. The van der Waals surface area contributed by atoms with Crippen LogP contribution in [0.5, 0.6) is 0 Å². The smallest absolute Gasteiger partial charge is 0.122 e. The van der Waals surface area contributed by atoms with E-state index in [4.69, 9.17) is 0 Å². The van der Waals surface area contributed by atoms with Crippen molar-refractivity contribution in [2.75, 3.05) is 20.1 Å². The summed E-state index contributed by atoms with van der Waals surface area (Å²) < 4.78 is 2.09. The Bertz CT molecular complexity index is 321. The predicted molar refractivity (Wildman–Crippen MR) is 76.5 cm³/mol. The summed E-state index contributed by atoms with van der Waals surface area (Å²) in [6, 6.07) is 0.602. The Morgan fingerprint density at radius 3 is 2.83 bits per heavy atom. The lowest BCUT2D eigenvalue weighted by molar-refractivity contribution is 0.227. The molecule has 0 spiro atoms. The van der Waals surface area contributed by atoms with Crippen LogP contribution in [-0.2, 0) is 13.6 Å². The van der Waals surface area contributed by atoms with Crippen molar-refractivity contribution in [2.24, 2.45) is 7.05 Å². The number of aryl methyl sites for hydroxylation is 1. The molecule has 0 saturated carbocycles. The van der Waals surface area contributed by atoms with E-state index in [0.29, 0.717) is 6.04 Å². The lowest BCUT2D eigenvalue weighted by Crippen LogP contribution is -2.30. The molecule has 1 aromatic rings. The van der Waals surface area contributed by atoms with Gasteiger partial charge in [-0.1, -0.05) is 6.92 Å². The molecule has 1 rings (SSSR count). The van der Waals surface area contributed by atoms with Crippen LogP contribution >= 0.6 is 0 Å². The Labute approximate surface area is 111 Å². The van der Waals surface area contributed by atoms with Gasteiger partial charge in [-0.25, -0.2) is 4.98 Å². The van der Waals surface area contributed by atoms with Crippen molar-refractivity contribution in [1.82, 2.24) is 19.8 Å². The van der Waals surface area contributed by atoms with Gasteiger partial charge in [0, 0.05) is 25.5 Å². The molecule has 0 amide bonds. The molecule has 0 aliphatic heterocycles. The molecule has 0 aliphatic rings. The molecule has 1 atom stereocenters. The first kappa shape index (κ1) is 15.2. The molecule has 4 nitrogen and oxygen atoms in total. The number of nitrogens with zero attached hydrogens (tertiary/aromatic N) is 3. The SMILES string of the molecule is CCCNCCCC(C)N(C)Cc1nccn1C. The molecule has 18 heavy (non-hydrogen) atoms. The van der Waals surface area contributed by atoms with Gasteiger partial charge < -0.3 is 9.88 Å². The molecule has 1 aromatic heterocycles. The molecule has 0 bridgehead atoms. The summed E-state index contributed by atoms with van der Waals surface area (Å²) in [4.78, 5) is 6.75. The molecule has 104 valence electrons. The molecule has 4 heteroatoms. The summed E-state index contributed by atoms with van der Waals surface area (Å²) in [6.07, 6.45) is 7.56. The summed E-state index contributed by atoms with van der Waals surface area (Å²) in [5.41, 5.74) is 0. The summed E-state index contributed by atoms with van der Waals surface area (Å²) in [5.74, 6) is 1.13. The zero-order valence-corrected chi connectivity index (χ0v) is 12.3. The van der Waals surface area contributed by atoms with Gasteiger partial charge in [-0.05, 0) is 46.3 Å². The largest absolute Gasteiger partial charge is 0.337 e. The van der Waals surface area contributed by atoms with Crippen molar-refractivity contribution in [2.45, 2.75) is 45.7 Å². The second kappa shape index (κ2) is 8.27. The molecular weight excluding hydrogens is 224 g/mol. The lowest BCUT2D eigenvalue weighted by atomic mass is 10.1. The Kier molecular flexibility index (Phi) is 6.98. The van der Waals surface area contributed by atoms with E-state index in [1.807, 2.05) is 12.4 Å². The van der Waals surface area contributed by atoms with Crippen molar-refractivity contribution in [3.8, 4) is 0 Å². The van der Waals surface area contributed by atoms with E-state index in [0.717, 1.165) is 25.5 Å². The van der Waals surface area contributed by atoms with E-state index in [1.54, 1.807) is 0 Å². The zero-order chi connectivity index (χ0) is 13.4. The number of hydrogen-bond acceptors (Lipinski definition) is 3. The minimum Gasteiger partial charge on any atom is -0.337 e. The van der Waals surface area contributed by atoms with E-state index >= 15 is 0 Å². The van der Waals surface area contributed by atoms with Crippen molar-refractivity contribution < 1.29 is 0 Å². The third kappa shape index (κ3) is 5.19. The van der Waals surface area contributed by atoms with E-state index in [2.05, 4.69) is 47.7 Å². The molecule has 1 unspecified atom stereocenters. The normalized spacial score (nSPS) is 13.2. The maximum atomic E-state index is 4.37. The quantitative estimate of drug-likeness (QED) is 0.683. The highest BCUT2D eigenvalue weighted by Gasteiger charge is 2.11. The minimum atomic E-state index is 0.602. The second-order valence-electron chi connectivity index (χ2n) is 5.11. The lowest BCUT2D eigenvalue weighted by Gasteiger charge is -2.24. The van der Waals surface area contributed by atoms with Gasteiger partial charge in [0.05, 0.1) is 6.54 Å². The fourth-order valence-corrected chi connectivity index (χ4v) is 1.97. The van der Waals surface area contributed by atoms with Crippen molar-refractivity contribution in [3.63, 3.8) is 0 Å².